The standard InChI is InChI=1S/C8H17NO3/c1-3-4-7(11)9-5-8(2,12)6-10/h10,12H,3-6H2,1-2H3,(H,9,11). The van der Waals surface area contributed by atoms with Gasteiger partial charge in [0.25, 0.3) is 0 Å². The summed E-state index contributed by atoms with van der Waals surface area (Å²) in [6, 6.07) is 0. The minimum Gasteiger partial charge on any atom is -0.393 e. The van der Waals surface area contributed by atoms with Gasteiger partial charge >= 0.3 is 0 Å². The lowest BCUT2D eigenvalue weighted by molar-refractivity contribution is -0.122. The first-order valence-electron chi connectivity index (χ1n) is 4.12. The number of hydrogen-bond acceptors (Lipinski definition) is 3. The maximum absolute atomic E-state index is 10.9. The van der Waals surface area contributed by atoms with Gasteiger partial charge in [0.05, 0.1) is 6.61 Å². The summed E-state index contributed by atoms with van der Waals surface area (Å²) in [5.74, 6) is -0.0915. The molecule has 1 atom stereocenters. The summed E-state index contributed by atoms with van der Waals surface area (Å²) in [6.45, 7) is 3.13. The van der Waals surface area contributed by atoms with Crippen LogP contribution in [0, 0.1) is 0 Å². The van der Waals surface area contributed by atoms with Crippen molar-refractivity contribution in [2.24, 2.45) is 0 Å². The van der Waals surface area contributed by atoms with Crippen LogP contribution in [0.15, 0.2) is 0 Å². The van der Waals surface area contributed by atoms with E-state index < -0.39 is 5.60 Å². The SMILES string of the molecule is CCCC(=O)NCC(C)(O)CO. The minimum absolute atomic E-state index is 0.0915. The Bertz CT molecular complexity index is 145. The predicted octanol–water partition coefficient (Wildman–Crippen LogP) is -0.354. The third-order valence-corrected chi connectivity index (χ3v) is 1.48. The molecule has 0 aliphatic carbocycles. The van der Waals surface area contributed by atoms with E-state index in [2.05, 4.69) is 5.32 Å². The number of nitrogens with one attached hydrogen (secondary N) is 1. The van der Waals surface area contributed by atoms with Gasteiger partial charge in [-0.1, -0.05) is 6.92 Å². The predicted molar refractivity (Wildman–Crippen MR) is 45.6 cm³/mol. The van der Waals surface area contributed by atoms with Crippen molar-refractivity contribution in [2.75, 3.05) is 13.2 Å². The zero-order valence-corrected chi connectivity index (χ0v) is 7.63. The first-order chi connectivity index (χ1) is 5.52. The van der Waals surface area contributed by atoms with E-state index in [0.717, 1.165) is 6.42 Å². The van der Waals surface area contributed by atoms with Crippen molar-refractivity contribution in [3.8, 4) is 0 Å². The van der Waals surface area contributed by atoms with E-state index in [4.69, 9.17) is 5.11 Å². The summed E-state index contributed by atoms with van der Waals surface area (Å²) >= 11 is 0. The van der Waals surface area contributed by atoms with Crippen LogP contribution in [-0.2, 0) is 4.79 Å². The zero-order chi connectivity index (χ0) is 9.61. The highest BCUT2D eigenvalue weighted by Crippen LogP contribution is 1.98. The lowest BCUT2D eigenvalue weighted by atomic mass is 10.1. The van der Waals surface area contributed by atoms with Crippen molar-refractivity contribution in [3.63, 3.8) is 0 Å². The fraction of sp³-hybridized carbons (Fsp3) is 0.875. The fourth-order valence-electron chi connectivity index (χ4n) is 0.660. The number of hydrogen-bond donors (Lipinski definition) is 3. The van der Waals surface area contributed by atoms with E-state index >= 15 is 0 Å². The van der Waals surface area contributed by atoms with E-state index in [1.54, 1.807) is 0 Å². The molecule has 12 heavy (non-hydrogen) atoms. The van der Waals surface area contributed by atoms with Crippen molar-refractivity contribution < 1.29 is 15.0 Å². The van der Waals surface area contributed by atoms with Gasteiger partial charge in [-0.3, -0.25) is 4.79 Å². The van der Waals surface area contributed by atoms with Crippen LogP contribution >= 0.6 is 0 Å². The highest BCUT2D eigenvalue weighted by molar-refractivity contribution is 5.75. The largest absolute Gasteiger partial charge is 0.393 e. The van der Waals surface area contributed by atoms with E-state index in [1.807, 2.05) is 6.92 Å². The van der Waals surface area contributed by atoms with E-state index in [1.165, 1.54) is 6.92 Å². The first kappa shape index (κ1) is 11.4. The molecule has 0 spiro atoms. The number of amides is 1. The Morgan fingerprint density at radius 1 is 1.58 bits per heavy atom. The minimum atomic E-state index is -1.20. The number of aliphatic hydroxyl groups is 2. The summed E-state index contributed by atoms with van der Waals surface area (Å²) in [7, 11) is 0. The lowest BCUT2D eigenvalue weighted by Gasteiger charge is -2.20. The molecular weight excluding hydrogens is 158 g/mol. The quantitative estimate of drug-likeness (QED) is 0.534. The van der Waals surface area contributed by atoms with E-state index in [-0.39, 0.29) is 19.1 Å². The molecule has 3 N–H and O–H groups in total. The van der Waals surface area contributed by atoms with Crippen molar-refractivity contribution in [1.29, 1.82) is 0 Å². The molecule has 0 fully saturated rings. The van der Waals surface area contributed by atoms with Crippen molar-refractivity contribution in [3.05, 3.63) is 0 Å². The van der Waals surface area contributed by atoms with Crippen molar-refractivity contribution in [1.82, 2.24) is 5.32 Å². The van der Waals surface area contributed by atoms with Gasteiger partial charge in [-0.2, -0.15) is 0 Å². The lowest BCUT2D eigenvalue weighted by Crippen LogP contribution is -2.43. The van der Waals surface area contributed by atoms with Crippen LogP contribution < -0.4 is 5.32 Å². The van der Waals surface area contributed by atoms with Gasteiger partial charge in [0.15, 0.2) is 0 Å². The van der Waals surface area contributed by atoms with Gasteiger partial charge in [-0.05, 0) is 13.3 Å². The summed E-state index contributed by atoms with van der Waals surface area (Å²) in [4.78, 5) is 10.9. The van der Waals surface area contributed by atoms with Crippen LogP contribution in [-0.4, -0.2) is 34.9 Å². The Hall–Kier alpha value is -0.610. The highest BCUT2D eigenvalue weighted by atomic mass is 16.3. The molecule has 0 radical (unpaired) electrons. The van der Waals surface area contributed by atoms with Gasteiger partial charge in [-0.15, -0.1) is 0 Å². The molecule has 0 aromatic carbocycles. The molecule has 72 valence electrons. The molecule has 0 saturated carbocycles. The van der Waals surface area contributed by atoms with Gasteiger partial charge in [0.2, 0.25) is 5.91 Å². The normalized spacial score (nSPS) is 15.3. The average molecular weight is 175 g/mol. The van der Waals surface area contributed by atoms with Gasteiger partial charge in [0.1, 0.15) is 5.60 Å². The Morgan fingerprint density at radius 2 is 2.17 bits per heavy atom. The molecule has 0 heterocycles. The Kier molecular flexibility index (Phi) is 4.85. The highest BCUT2D eigenvalue weighted by Gasteiger charge is 2.19. The van der Waals surface area contributed by atoms with Crippen LogP contribution in [0.3, 0.4) is 0 Å². The average Bonchev–Trinajstić information content (AvgIpc) is 2.02. The first-order valence-corrected chi connectivity index (χ1v) is 4.12. The summed E-state index contributed by atoms with van der Waals surface area (Å²) in [6.07, 6.45) is 1.24. The molecule has 0 aromatic heterocycles. The molecule has 1 amide bonds. The molecule has 0 aliphatic rings. The summed E-state index contributed by atoms with van der Waals surface area (Å²) in [5, 5.41) is 20.4. The van der Waals surface area contributed by atoms with Crippen molar-refractivity contribution >= 4 is 5.91 Å². The van der Waals surface area contributed by atoms with E-state index in [9.17, 15) is 9.90 Å². The second kappa shape index (κ2) is 5.11. The molecule has 0 aromatic rings. The maximum atomic E-state index is 10.9. The molecule has 4 nitrogen and oxygen atoms in total. The van der Waals surface area contributed by atoms with E-state index in [0.29, 0.717) is 6.42 Å². The Balaban J connectivity index is 3.60. The molecule has 0 aliphatic heterocycles. The van der Waals surface area contributed by atoms with Gasteiger partial charge in [-0.25, -0.2) is 0 Å². The Labute approximate surface area is 72.6 Å². The second-order valence-electron chi connectivity index (χ2n) is 3.18. The number of aliphatic hydroxyl groups excluding tert-OH is 1. The molecule has 1 unspecified atom stereocenters. The Morgan fingerprint density at radius 3 is 2.58 bits per heavy atom. The summed E-state index contributed by atoms with van der Waals surface area (Å²) in [5.41, 5.74) is -1.20. The topological polar surface area (TPSA) is 69.6 Å². The molecule has 0 rings (SSSR count). The van der Waals surface area contributed by atoms with Crippen LogP contribution in [0.2, 0.25) is 0 Å². The zero-order valence-electron chi connectivity index (χ0n) is 7.63. The third-order valence-electron chi connectivity index (χ3n) is 1.48. The molecule has 4 heteroatoms. The van der Waals surface area contributed by atoms with Crippen LogP contribution in [0.4, 0.5) is 0 Å². The molecular formula is C8H17NO3. The van der Waals surface area contributed by atoms with Crippen molar-refractivity contribution in [2.45, 2.75) is 32.3 Å². The second-order valence-corrected chi connectivity index (χ2v) is 3.18. The monoisotopic (exact) mass is 175 g/mol. The van der Waals surface area contributed by atoms with Crippen LogP contribution in [0.1, 0.15) is 26.7 Å². The number of carbonyl (C=O) groups is 1. The van der Waals surface area contributed by atoms with Crippen LogP contribution in [0.5, 0.6) is 0 Å². The molecule has 0 saturated heterocycles. The summed E-state index contributed by atoms with van der Waals surface area (Å²) < 4.78 is 0. The van der Waals surface area contributed by atoms with Crippen LogP contribution in [0.25, 0.3) is 0 Å². The number of carbonyl (C=O) groups excluding carboxylic acids is 1. The maximum Gasteiger partial charge on any atom is 0.220 e. The van der Waals surface area contributed by atoms with Gasteiger partial charge in [0, 0.05) is 13.0 Å². The molecule has 0 bridgehead atoms. The smallest absolute Gasteiger partial charge is 0.220 e. The fourth-order valence-corrected chi connectivity index (χ4v) is 0.660. The third kappa shape index (κ3) is 5.09. The van der Waals surface area contributed by atoms with Gasteiger partial charge < -0.3 is 15.5 Å². The number of rotatable bonds is 5.